The molecule has 1 aliphatic rings. The molecule has 0 amide bonds. The normalized spacial score (nSPS) is 37.2. The molecule has 1 saturated carbocycles. The first-order valence-electron chi connectivity index (χ1n) is 4.17. The van der Waals surface area contributed by atoms with Gasteiger partial charge in [-0.15, -0.1) is 0 Å². The van der Waals surface area contributed by atoms with Crippen LogP contribution in [0.25, 0.3) is 0 Å². The van der Waals surface area contributed by atoms with Crippen LogP contribution in [0.4, 0.5) is 17.6 Å². The van der Waals surface area contributed by atoms with E-state index in [4.69, 9.17) is 0 Å². The molecule has 3 unspecified atom stereocenters. The third-order valence-electron chi connectivity index (χ3n) is 2.61. The fourth-order valence-corrected chi connectivity index (χ4v) is 1.96. The van der Waals surface area contributed by atoms with Gasteiger partial charge in [-0.2, -0.15) is 13.2 Å². The van der Waals surface area contributed by atoms with Crippen molar-refractivity contribution in [2.75, 3.05) is 0 Å². The van der Waals surface area contributed by atoms with E-state index in [-0.39, 0.29) is 6.42 Å². The summed E-state index contributed by atoms with van der Waals surface area (Å²) in [6.45, 7) is 1.68. The van der Waals surface area contributed by atoms with E-state index < -0.39 is 24.2 Å². The average Bonchev–Trinajstić information content (AvgIpc) is 2.29. The maximum Gasteiger partial charge on any atom is 0.394 e. The standard InChI is InChI=1S/C8H12F4/c1-2-5-3-4-6(9)7(5)8(10,11)12/h5-7H,2-4H2,1H3. The lowest BCUT2D eigenvalue weighted by atomic mass is 9.92. The van der Waals surface area contributed by atoms with Crippen molar-refractivity contribution in [1.29, 1.82) is 0 Å². The van der Waals surface area contributed by atoms with Crippen molar-refractivity contribution in [3.63, 3.8) is 0 Å². The first kappa shape index (κ1) is 9.81. The number of hydrogen-bond donors (Lipinski definition) is 0. The second-order valence-corrected chi connectivity index (χ2v) is 3.33. The van der Waals surface area contributed by atoms with Crippen molar-refractivity contribution < 1.29 is 17.6 Å². The Labute approximate surface area is 69.0 Å². The molecule has 0 heterocycles. The molecule has 1 aliphatic carbocycles. The van der Waals surface area contributed by atoms with Crippen LogP contribution in [0.2, 0.25) is 0 Å². The van der Waals surface area contributed by atoms with Crippen molar-refractivity contribution in [2.45, 2.75) is 38.5 Å². The van der Waals surface area contributed by atoms with Crippen molar-refractivity contribution in [3.05, 3.63) is 0 Å². The first-order chi connectivity index (χ1) is 5.46. The van der Waals surface area contributed by atoms with Crippen LogP contribution in [0.3, 0.4) is 0 Å². The molecule has 0 aromatic rings. The van der Waals surface area contributed by atoms with Gasteiger partial charge in [0.05, 0.1) is 5.92 Å². The van der Waals surface area contributed by atoms with Crippen molar-refractivity contribution >= 4 is 0 Å². The van der Waals surface area contributed by atoms with Crippen LogP contribution in [0, 0.1) is 11.8 Å². The van der Waals surface area contributed by atoms with Crippen LogP contribution in [0.5, 0.6) is 0 Å². The maximum absolute atomic E-state index is 12.8. The van der Waals surface area contributed by atoms with Crippen LogP contribution in [0.1, 0.15) is 26.2 Å². The van der Waals surface area contributed by atoms with Gasteiger partial charge in [0.1, 0.15) is 6.17 Å². The number of alkyl halides is 4. The molecule has 1 rings (SSSR count). The third kappa shape index (κ3) is 1.72. The van der Waals surface area contributed by atoms with Gasteiger partial charge in [-0.1, -0.05) is 13.3 Å². The van der Waals surface area contributed by atoms with E-state index in [2.05, 4.69) is 0 Å². The molecule has 0 N–H and O–H groups in total. The zero-order valence-corrected chi connectivity index (χ0v) is 6.87. The summed E-state index contributed by atoms with van der Waals surface area (Å²) in [6, 6.07) is 0. The minimum absolute atomic E-state index is 0.0721. The monoisotopic (exact) mass is 184 g/mol. The molecule has 4 heteroatoms. The van der Waals surface area contributed by atoms with Crippen molar-refractivity contribution in [1.82, 2.24) is 0 Å². The fraction of sp³-hybridized carbons (Fsp3) is 1.00. The molecule has 0 nitrogen and oxygen atoms in total. The molecular weight excluding hydrogens is 172 g/mol. The van der Waals surface area contributed by atoms with E-state index in [0.29, 0.717) is 12.8 Å². The van der Waals surface area contributed by atoms with E-state index in [9.17, 15) is 17.6 Å². The van der Waals surface area contributed by atoms with E-state index in [1.807, 2.05) is 0 Å². The Morgan fingerprint density at radius 1 is 1.25 bits per heavy atom. The van der Waals surface area contributed by atoms with Gasteiger partial charge in [0, 0.05) is 0 Å². The topological polar surface area (TPSA) is 0 Å². The largest absolute Gasteiger partial charge is 0.394 e. The van der Waals surface area contributed by atoms with Crippen molar-refractivity contribution in [3.8, 4) is 0 Å². The van der Waals surface area contributed by atoms with E-state index >= 15 is 0 Å². The van der Waals surface area contributed by atoms with E-state index in [0.717, 1.165) is 0 Å². The molecule has 12 heavy (non-hydrogen) atoms. The van der Waals surface area contributed by atoms with Crippen LogP contribution < -0.4 is 0 Å². The fourth-order valence-electron chi connectivity index (χ4n) is 1.96. The van der Waals surface area contributed by atoms with E-state index in [1.165, 1.54) is 0 Å². The minimum atomic E-state index is -4.35. The smallest absolute Gasteiger partial charge is 0.247 e. The first-order valence-corrected chi connectivity index (χ1v) is 4.17. The maximum atomic E-state index is 12.8. The van der Waals surface area contributed by atoms with Gasteiger partial charge in [0.15, 0.2) is 0 Å². The van der Waals surface area contributed by atoms with Gasteiger partial charge >= 0.3 is 6.18 Å². The second kappa shape index (κ2) is 3.23. The highest BCUT2D eigenvalue weighted by Crippen LogP contribution is 2.45. The van der Waals surface area contributed by atoms with Gasteiger partial charge in [0.2, 0.25) is 0 Å². The molecule has 3 atom stereocenters. The lowest BCUT2D eigenvalue weighted by Gasteiger charge is -2.22. The van der Waals surface area contributed by atoms with Crippen LogP contribution in [-0.2, 0) is 0 Å². The van der Waals surface area contributed by atoms with Gasteiger partial charge < -0.3 is 0 Å². The number of hydrogen-bond acceptors (Lipinski definition) is 0. The highest BCUT2D eigenvalue weighted by molar-refractivity contribution is 4.88. The molecule has 1 fully saturated rings. The Bertz CT molecular complexity index is 152. The Kier molecular flexibility index (Phi) is 2.64. The molecule has 0 aromatic heterocycles. The summed E-state index contributed by atoms with van der Waals surface area (Å²) < 4.78 is 49.4. The Morgan fingerprint density at radius 2 is 1.83 bits per heavy atom. The predicted molar refractivity (Wildman–Crippen MR) is 37.5 cm³/mol. The average molecular weight is 184 g/mol. The van der Waals surface area contributed by atoms with E-state index in [1.54, 1.807) is 6.92 Å². The summed E-state index contributed by atoms with van der Waals surface area (Å²) in [6.07, 6.45) is -5.15. The Hall–Kier alpha value is -0.280. The lowest BCUT2D eigenvalue weighted by Crippen LogP contribution is -2.32. The van der Waals surface area contributed by atoms with Crippen LogP contribution >= 0.6 is 0 Å². The highest BCUT2D eigenvalue weighted by Gasteiger charge is 2.52. The zero-order valence-electron chi connectivity index (χ0n) is 6.87. The molecule has 0 spiro atoms. The van der Waals surface area contributed by atoms with Gasteiger partial charge in [0.25, 0.3) is 0 Å². The molecule has 0 aromatic carbocycles. The van der Waals surface area contributed by atoms with Gasteiger partial charge in [-0.05, 0) is 18.8 Å². The van der Waals surface area contributed by atoms with Gasteiger partial charge in [-0.25, -0.2) is 4.39 Å². The second-order valence-electron chi connectivity index (χ2n) is 3.33. The summed E-state index contributed by atoms with van der Waals surface area (Å²) in [5, 5.41) is 0. The molecule has 0 aliphatic heterocycles. The SMILES string of the molecule is CCC1CCC(F)C1C(F)(F)F. The molecule has 0 radical (unpaired) electrons. The molecule has 72 valence electrons. The van der Waals surface area contributed by atoms with Gasteiger partial charge in [-0.3, -0.25) is 0 Å². The molecular formula is C8H12F4. The zero-order chi connectivity index (χ0) is 9.35. The quantitative estimate of drug-likeness (QED) is 0.548. The third-order valence-corrected chi connectivity index (χ3v) is 2.61. The molecule has 0 saturated heterocycles. The number of rotatable bonds is 1. The summed E-state index contributed by atoms with van der Waals surface area (Å²) in [4.78, 5) is 0. The summed E-state index contributed by atoms with van der Waals surface area (Å²) in [7, 11) is 0. The lowest BCUT2D eigenvalue weighted by molar-refractivity contribution is -0.196. The Morgan fingerprint density at radius 3 is 2.17 bits per heavy atom. The predicted octanol–water partition coefficient (Wildman–Crippen LogP) is 3.32. The summed E-state index contributed by atoms with van der Waals surface area (Å²) in [5.74, 6) is -2.21. The van der Waals surface area contributed by atoms with Crippen LogP contribution in [-0.4, -0.2) is 12.3 Å². The number of halogens is 4. The van der Waals surface area contributed by atoms with Crippen LogP contribution in [0.15, 0.2) is 0 Å². The van der Waals surface area contributed by atoms with Crippen molar-refractivity contribution in [2.24, 2.45) is 11.8 Å². The summed E-state index contributed by atoms with van der Waals surface area (Å²) >= 11 is 0. The Balaban J connectivity index is 2.70. The summed E-state index contributed by atoms with van der Waals surface area (Å²) in [5.41, 5.74) is 0. The highest BCUT2D eigenvalue weighted by atomic mass is 19.4. The molecule has 0 bridgehead atoms. The minimum Gasteiger partial charge on any atom is -0.247 e.